The molecule has 0 saturated heterocycles. The van der Waals surface area contributed by atoms with Crippen LogP contribution < -0.4 is 5.32 Å². The van der Waals surface area contributed by atoms with Crippen LogP contribution in [-0.4, -0.2) is 37.1 Å². The third kappa shape index (κ3) is 6.69. The zero-order valence-electron chi connectivity index (χ0n) is 12.5. The molecule has 0 aromatic heterocycles. The molecular formula is C16H27FN2. The Bertz CT molecular complexity index is 333. The highest BCUT2D eigenvalue weighted by Gasteiger charge is 2.04. The van der Waals surface area contributed by atoms with Gasteiger partial charge in [0.25, 0.3) is 0 Å². The number of hydrogen-bond donors (Lipinski definition) is 1. The van der Waals surface area contributed by atoms with Crippen LogP contribution in [0.2, 0.25) is 0 Å². The molecule has 0 aliphatic carbocycles. The fourth-order valence-corrected chi connectivity index (χ4v) is 2.24. The van der Waals surface area contributed by atoms with Crippen molar-refractivity contribution in [3.63, 3.8) is 0 Å². The lowest BCUT2D eigenvalue weighted by Gasteiger charge is -2.19. The van der Waals surface area contributed by atoms with Crippen LogP contribution in [0.1, 0.15) is 32.8 Å². The molecule has 1 atom stereocenters. The van der Waals surface area contributed by atoms with Crippen molar-refractivity contribution in [1.29, 1.82) is 0 Å². The second-order valence-corrected chi connectivity index (χ2v) is 5.07. The van der Waals surface area contributed by atoms with E-state index in [0.717, 1.165) is 32.6 Å². The maximum atomic E-state index is 12.8. The molecule has 3 heteroatoms. The summed E-state index contributed by atoms with van der Waals surface area (Å²) in [6.07, 6.45) is 2.13. The Morgan fingerprint density at radius 1 is 1.16 bits per heavy atom. The fraction of sp³-hybridized carbons (Fsp3) is 0.625. The van der Waals surface area contributed by atoms with Gasteiger partial charge in [-0.2, -0.15) is 0 Å². The van der Waals surface area contributed by atoms with Gasteiger partial charge in [-0.1, -0.05) is 26.0 Å². The minimum Gasteiger partial charge on any atom is -0.314 e. The summed E-state index contributed by atoms with van der Waals surface area (Å²) in [5.74, 6) is -0.163. The minimum absolute atomic E-state index is 0.163. The van der Waals surface area contributed by atoms with Gasteiger partial charge in [0.05, 0.1) is 0 Å². The van der Waals surface area contributed by atoms with E-state index in [1.165, 1.54) is 24.1 Å². The number of hydrogen-bond acceptors (Lipinski definition) is 2. The Hall–Kier alpha value is -0.930. The second-order valence-electron chi connectivity index (χ2n) is 5.07. The molecule has 2 nitrogen and oxygen atoms in total. The molecule has 1 aromatic rings. The van der Waals surface area contributed by atoms with Crippen molar-refractivity contribution in [3.05, 3.63) is 35.6 Å². The second kappa shape index (κ2) is 9.05. The van der Waals surface area contributed by atoms with E-state index in [4.69, 9.17) is 0 Å². The van der Waals surface area contributed by atoms with E-state index in [1.54, 1.807) is 0 Å². The summed E-state index contributed by atoms with van der Waals surface area (Å²) in [5.41, 5.74) is 1.19. The van der Waals surface area contributed by atoms with Crippen molar-refractivity contribution in [3.8, 4) is 0 Å². The number of halogens is 1. The van der Waals surface area contributed by atoms with E-state index in [9.17, 15) is 4.39 Å². The first kappa shape index (κ1) is 16.1. The van der Waals surface area contributed by atoms with Gasteiger partial charge in [-0.3, -0.25) is 0 Å². The molecule has 0 saturated carbocycles. The molecular weight excluding hydrogens is 239 g/mol. The average Bonchev–Trinajstić information content (AvgIpc) is 2.42. The van der Waals surface area contributed by atoms with E-state index in [0.29, 0.717) is 6.04 Å². The van der Waals surface area contributed by atoms with Crippen molar-refractivity contribution in [2.75, 3.05) is 26.2 Å². The van der Waals surface area contributed by atoms with Crippen molar-refractivity contribution in [1.82, 2.24) is 10.2 Å². The van der Waals surface area contributed by atoms with Crippen molar-refractivity contribution < 1.29 is 4.39 Å². The lowest BCUT2D eigenvalue weighted by atomic mass is 10.1. The van der Waals surface area contributed by atoms with Crippen LogP contribution in [0, 0.1) is 5.82 Å². The van der Waals surface area contributed by atoms with Crippen LogP contribution in [0.15, 0.2) is 24.3 Å². The highest BCUT2D eigenvalue weighted by atomic mass is 19.1. The third-order valence-electron chi connectivity index (χ3n) is 3.49. The normalized spacial score (nSPS) is 12.9. The molecule has 108 valence electrons. The van der Waals surface area contributed by atoms with E-state index in [-0.39, 0.29) is 5.82 Å². The van der Waals surface area contributed by atoms with Crippen molar-refractivity contribution >= 4 is 0 Å². The molecule has 0 aliphatic rings. The van der Waals surface area contributed by atoms with Gasteiger partial charge in [-0.25, -0.2) is 4.39 Å². The summed E-state index contributed by atoms with van der Waals surface area (Å²) in [4.78, 5) is 2.44. The van der Waals surface area contributed by atoms with Crippen LogP contribution in [0.4, 0.5) is 4.39 Å². The molecule has 1 aromatic carbocycles. The molecule has 0 bridgehead atoms. The van der Waals surface area contributed by atoms with Gasteiger partial charge in [0.2, 0.25) is 0 Å². The Morgan fingerprint density at radius 3 is 2.37 bits per heavy atom. The first-order valence-electron chi connectivity index (χ1n) is 7.35. The largest absolute Gasteiger partial charge is 0.314 e. The lowest BCUT2D eigenvalue weighted by Crippen LogP contribution is -2.32. The predicted octanol–water partition coefficient (Wildman–Crippen LogP) is 3.08. The van der Waals surface area contributed by atoms with Crippen LogP contribution in [0.5, 0.6) is 0 Å². The first-order valence-corrected chi connectivity index (χ1v) is 7.35. The first-order chi connectivity index (χ1) is 9.15. The van der Waals surface area contributed by atoms with Crippen LogP contribution >= 0.6 is 0 Å². The van der Waals surface area contributed by atoms with Gasteiger partial charge >= 0.3 is 0 Å². The van der Waals surface area contributed by atoms with Gasteiger partial charge in [0.1, 0.15) is 5.82 Å². The highest BCUT2D eigenvalue weighted by Crippen LogP contribution is 2.05. The number of rotatable bonds is 9. The molecule has 19 heavy (non-hydrogen) atoms. The SMILES string of the molecule is CCN(CC)CCCNC(C)Cc1ccc(F)cc1. The Morgan fingerprint density at radius 2 is 1.79 bits per heavy atom. The highest BCUT2D eigenvalue weighted by molar-refractivity contribution is 5.16. The van der Waals surface area contributed by atoms with Crippen molar-refractivity contribution in [2.24, 2.45) is 0 Å². The molecule has 0 spiro atoms. The topological polar surface area (TPSA) is 15.3 Å². The minimum atomic E-state index is -0.163. The number of nitrogens with one attached hydrogen (secondary N) is 1. The van der Waals surface area contributed by atoms with Crippen LogP contribution in [0.3, 0.4) is 0 Å². The molecule has 0 radical (unpaired) electrons. The van der Waals surface area contributed by atoms with Crippen LogP contribution in [0.25, 0.3) is 0 Å². The lowest BCUT2D eigenvalue weighted by molar-refractivity contribution is 0.296. The maximum Gasteiger partial charge on any atom is 0.123 e. The Labute approximate surface area is 117 Å². The Kier molecular flexibility index (Phi) is 7.68. The molecule has 1 rings (SSSR count). The van der Waals surface area contributed by atoms with Gasteiger partial charge in [-0.05, 0) is 63.6 Å². The molecule has 1 N–H and O–H groups in total. The van der Waals surface area contributed by atoms with E-state index in [2.05, 4.69) is 31.0 Å². The summed E-state index contributed by atoms with van der Waals surface area (Å²) < 4.78 is 12.8. The molecule has 1 unspecified atom stereocenters. The van der Waals surface area contributed by atoms with Gasteiger partial charge < -0.3 is 10.2 Å². The zero-order valence-corrected chi connectivity index (χ0v) is 12.5. The summed E-state index contributed by atoms with van der Waals surface area (Å²) in [7, 11) is 0. The summed E-state index contributed by atoms with van der Waals surface area (Å²) in [6, 6.07) is 7.22. The molecule has 0 amide bonds. The monoisotopic (exact) mass is 266 g/mol. The zero-order chi connectivity index (χ0) is 14.1. The molecule has 0 aliphatic heterocycles. The van der Waals surface area contributed by atoms with Gasteiger partial charge in [0, 0.05) is 6.04 Å². The predicted molar refractivity (Wildman–Crippen MR) is 80.0 cm³/mol. The fourth-order valence-electron chi connectivity index (χ4n) is 2.24. The van der Waals surface area contributed by atoms with E-state index >= 15 is 0 Å². The third-order valence-corrected chi connectivity index (χ3v) is 3.49. The average molecular weight is 266 g/mol. The quantitative estimate of drug-likeness (QED) is 0.691. The van der Waals surface area contributed by atoms with Crippen molar-refractivity contribution in [2.45, 2.75) is 39.7 Å². The number of benzene rings is 1. The van der Waals surface area contributed by atoms with E-state index in [1.807, 2.05) is 12.1 Å². The van der Waals surface area contributed by atoms with E-state index < -0.39 is 0 Å². The number of nitrogens with zero attached hydrogens (tertiary/aromatic N) is 1. The summed E-state index contributed by atoms with van der Waals surface area (Å²) in [5, 5.41) is 3.53. The standard InChI is InChI=1S/C16H27FN2/c1-4-19(5-2)12-6-11-18-14(3)13-15-7-9-16(17)10-8-15/h7-10,14,18H,4-6,11-13H2,1-3H3. The smallest absolute Gasteiger partial charge is 0.123 e. The molecule has 0 fully saturated rings. The van der Waals surface area contributed by atoms with Gasteiger partial charge in [-0.15, -0.1) is 0 Å². The molecule has 0 heterocycles. The Balaban J connectivity index is 2.17. The summed E-state index contributed by atoms with van der Waals surface area (Å²) >= 11 is 0. The van der Waals surface area contributed by atoms with Gasteiger partial charge in [0.15, 0.2) is 0 Å². The maximum absolute atomic E-state index is 12.8. The summed E-state index contributed by atoms with van der Waals surface area (Å²) in [6.45, 7) is 11.0. The van der Waals surface area contributed by atoms with Crippen LogP contribution in [-0.2, 0) is 6.42 Å².